The maximum atomic E-state index is 12.2. The normalized spacial score (nSPS) is 26.0. The molecule has 0 saturated carbocycles. The number of rotatable bonds is 4. The highest BCUT2D eigenvalue weighted by Crippen LogP contribution is 2.24. The quantitative estimate of drug-likeness (QED) is 0.914. The topological polar surface area (TPSA) is 50.8 Å². The van der Waals surface area contributed by atoms with Crippen LogP contribution in [-0.4, -0.2) is 50.3 Å². The number of morpholine rings is 1. The van der Waals surface area contributed by atoms with Gasteiger partial charge in [-0.25, -0.2) is 0 Å². The second-order valence-corrected chi connectivity index (χ2v) is 6.04. The molecule has 2 saturated heterocycles. The van der Waals surface area contributed by atoms with Gasteiger partial charge in [0.1, 0.15) is 12.4 Å². The number of amides is 1. The van der Waals surface area contributed by atoms with Gasteiger partial charge in [-0.05, 0) is 31.4 Å². The molecule has 0 bridgehead atoms. The molecule has 1 aromatic rings. The second-order valence-electron chi connectivity index (χ2n) is 6.04. The van der Waals surface area contributed by atoms with E-state index in [9.17, 15) is 4.79 Å². The number of piperidine rings is 1. The maximum absolute atomic E-state index is 12.2. The minimum Gasteiger partial charge on any atom is -0.496 e. The highest BCUT2D eigenvalue weighted by atomic mass is 16.5. The van der Waals surface area contributed by atoms with E-state index in [1.165, 1.54) is 12.8 Å². The molecule has 0 spiro atoms. The molecule has 2 unspecified atom stereocenters. The summed E-state index contributed by atoms with van der Waals surface area (Å²) in [5.74, 6) is 1.39. The lowest BCUT2D eigenvalue weighted by atomic mass is 9.92. The number of methoxy groups -OCH3 is 1. The SMILES string of the molecule is COc1ccccc1CN1CC(C2CCCNC2)OCC1=O. The largest absolute Gasteiger partial charge is 0.496 e. The van der Waals surface area contributed by atoms with Crippen molar-refractivity contribution in [2.45, 2.75) is 25.5 Å². The molecule has 1 N–H and O–H groups in total. The molecule has 1 aromatic carbocycles. The lowest BCUT2D eigenvalue weighted by Crippen LogP contribution is -2.51. The number of hydrogen-bond donors (Lipinski definition) is 1. The predicted molar refractivity (Wildman–Crippen MR) is 83.7 cm³/mol. The Bertz CT molecular complexity index is 514. The lowest BCUT2D eigenvalue weighted by molar-refractivity contribution is -0.153. The van der Waals surface area contributed by atoms with Gasteiger partial charge in [-0.15, -0.1) is 0 Å². The average molecular weight is 304 g/mol. The molecule has 22 heavy (non-hydrogen) atoms. The molecule has 2 heterocycles. The number of carbonyl (C=O) groups is 1. The Kier molecular flexibility index (Phi) is 4.95. The molecule has 2 aliphatic rings. The van der Waals surface area contributed by atoms with Gasteiger partial charge in [0.15, 0.2) is 0 Å². The van der Waals surface area contributed by atoms with E-state index >= 15 is 0 Å². The number of ether oxygens (including phenoxy) is 2. The van der Waals surface area contributed by atoms with Gasteiger partial charge in [0.2, 0.25) is 5.91 Å². The van der Waals surface area contributed by atoms with E-state index < -0.39 is 0 Å². The number of para-hydroxylation sites is 1. The van der Waals surface area contributed by atoms with Crippen LogP contribution in [0.3, 0.4) is 0 Å². The number of benzene rings is 1. The summed E-state index contributed by atoms with van der Waals surface area (Å²) in [5, 5.41) is 3.42. The molecule has 1 amide bonds. The molecule has 3 rings (SSSR count). The Morgan fingerprint density at radius 1 is 1.41 bits per heavy atom. The van der Waals surface area contributed by atoms with Crippen LogP contribution in [-0.2, 0) is 16.1 Å². The first kappa shape index (κ1) is 15.3. The molecule has 2 aliphatic heterocycles. The van der Waals surface area contributed by atoms with Crippen molar-refractivity contribution in [3.63, 3.8) is 0 Å². The first-order valence-corrected chi connectivity index (χ1v) is 8.00. The van der Waals surface area contributed by atoms with Crippen molar-refractivity contribution in [3.05, 3.63) is 29.8 Å². The minimum atomic E-state index is 0.0610. The van der Waals surface area contributed by atoms with E-state index in [-0.39, 0.29) is 18.6 Å². The van der Waals surface area contributed by atoms with Gasteiger partial charge in [-0.3, -0.25) is 4.79 Å². The summed E-state index contributed by atoms with van der Waals surface area (Å²) < 4.78 is 11.2. The third kappa shape index (κ3) is 3.42. The summed E-state index contributed by atoms with van der Waals surface area (Å²) in [4.78, 5) is 14.1. The molecule has 2 fully saturated rings. The third-order valence-corrected chi connectivity index (χ3v) is 4.59. The van der Waals surface area contributed by atoms with Crippen LogP contribution in [0.15, 0.2) is 24.3 Å². The highest BCUT2D eigenvalue weighted by Gasteiger charge is 2.32. The van der Waals surface area contributed by atoms with Crippen molar-refractivity contribution < 1.29 is 14.3 Å². The molecule has 5 nitrogen and oxygen atoms in total. The number of hydrogen-bond acceptors (Lipinski definition) is 4. The van der Waals surface area contributed by atoms with Crippen LogP contribution < -0.4 is 10.1 Å². The van der Waals surface area contributed by atoms with Gasteiger partial charge in [-0.1, -0.05) is 18.2 Å². The fourth-order valence-electron chi connectivity index (χ4n) is 3.31. The van der Waals surface area contributed by atoms with Crippen molar-refractivity contribution in [2.75, 3.05) is 33.4 Å². The molecule has 2 atom stereocenters. The van der Waals surface area contributed by atoms with E-state index in [2.05, 4.69) is 5.32 Å². The molecular formula is C17H24N2O3. The minimum absolute atomic E-state index is 0.0610. The van der Waals surface area contributed by atoms with Crippen molar-refractivity contribution in [1.82, 2.24) is 10.2 Å². The highest BCUT2D eigenvalue weighted by molar-refractivity contribution is 5.78. The van der Waals surface area contributed by atoms with Gasteiger partial charge in [0.25, 0.3) is 0 Å². The third-order valence-electron chi connectivity index (χ3n) is 4.59. The second kappa shape index (κ2) is 7.11. The van der Waals surface area contributed by atoms with Crippen LogP contribution in [0.2, 0.25) is 0 Å². The zero-order chi connectivity index (χ0) is 15.4. The molecular weight excluding hydrogens is 280 g/mol. The smallest absolute Gasteiger partial charge is 0.248 e. The molecule has 0 aliphatic carbocycles. The Morgan fingerprint density at radius 3 is 3.05 bits per heavy atom. The number of nitrogens with zero attached hydrogens (tertiary/aromatic N) is 1. The van der Waals surface area contributed by atoms with Gasteiger partial charge in [0.05, 0.1) is 13.2 Å². The van der Waals surface area contributed by atoms with Crippen LogP contribution in [0.5, 0.6) is 5.75 Å². The summed E-state index contributed by atoms with van der Waals surface area (Å²) in [7, 11) is 1.66. The van der Waals surface area contributed by atoms with E-state index in [4.69, 9.17) is 9.47 Å². The summed E-state index contributed by atoms with van der Waals surface area (Å²) in [5.41, 5.74) is 1.04. The van der Waals surface area contributed by atoms with Crippen LogP contribution in [0.4, 0.5) is 0 Å². The lowest BCUT2D eigenvalue weighted by Gasteiger charge is -2.38. The van der Waals surface area contributed by atoms with E-state index in [0.717, 1.165) is 24.4 Å². The van der Waals surface area contributed by atoms with Crippen LogP contribution >= 0.6 is 0 Å². The summed E-state index contributed by atoms with van der Waals surface area (Å²) in [6.07, 6.45) is 2.50. The Hall–Kier alpha value is -1.59. The fourth-order valence-corrected chi connectivity index (χ4v) is 3.31. The molecule has 5 heteroatoms. The standard InChI is InChI=1S/C17H24N2O3/c1-21-15-7-3-2-5-14(15)10-19-11-16(22-12-17(19)20)13-6-4-8-18-9-13/h2-3,5,7,13,16,18H,4,6,8-12H2,1H3. The number of carbonyl (C=O) groups excluding carboxylic acids is 1. The monoisotopic (exact) mass is 304 g/mol. The summed E-state index contributed by atoms with van der Waals surface area (Å²) in [6, 6.07) is 7.87. The Balaban J connectivity index is 1.67. The van der Waals surface area contributed by atoms with Crippen LogP contribution in [0.25, 0.3) is 0 Å². The Morgan fingerprint density at radius 2 is 2.27 bits per heavy atom. The van der Waals surface area contributed by atoms with Crippen LogP contribution in [0, 0.1) is 5.92 Å². The fraction of sp³-hybridized carbons (Fsp3) is 0.588. The van der Waals surface area contributed by atoms with Crippen LogP contribution in [0.1, 0.15) is 18.4 Å². The molecule has 0 radical (unpaired) electrons. The first-order chi connectivity index (χ1) is 10.8. The Labute approximate surface area is 131 Å². The molecule has 0 aromatic heterocycles. The van der Waals surface area contributed by atoms with E-state index in [0.29, 0.717) is 19.0 Å². The summed E-state index contributed by atoms with van der Waals surface area (Å²) >= 11 is 0. The van der Waals surface area contributed by atoms with Crippen molar-refractivity contribution >= 4 is 5.91 Å². The predicted octanol–water partition coefficient (Wildman–Crippen LogP) is 1.42. The van der Waals surface area contributed by atoms with E-state index in [1.807, 2.05) is 29.2 Å². The van der Waals surface area contributed by atoms with Crippen molar-refractivity contribution in [3.8, 4) is 5.75 Å². The maximum Gasteiger partial charge on any atom is 0.248 e. The van der Waals surface area contributed by atoms with Gasteiger partial charge in [-0.2, -0.15) is 0 Å². The zero-order valence-corrected chi connectivity index (χ0v) is 13.1. The molecule has 120 valence electrons. The summed E-state index contributed by atoms with van der Waals surface area (Å²) in [6.45, 7) is 3.52. The van der Waals surface area contributed by atoms with Crippen molar-refractivity contribution in [1.29, 1.82) is 0 Å². The zero-order valence-electron chi connectivity index (χ0n) is 13.1. The average Bonchev–Trinajstić information content (AvgIpc) is 2.58. The van der Waals surface area contributed by atoms with Crippen molar-refractivity contribution in [2.24, 2.45) is 5.92 Å². The van der Waals surface area contributed by atoms with Gasteiger partial charge < -0.3 is 19.7 Å². The van der Waals surface area contributed by atoms with E-state index in [1.54, 1.807) is 7.11 Å². The van der Waals surface area contributed by atoms with Gasteiger partial charge in [0, 0.05) is 25.2 Å². The first-order valence-electron chi connectivity index (χ1n) is 8.00. The number of nitrogens with one attached hydrogen (secondary N) is 1. The van der Waals surface area contributed by atoms with Gasteiger partial charge >= 0.3 is 0 Å².